The number of rotatable bonds is 4. The molecule has 0 aliphatic carbocycles. The molecule has 0 spiro atoms. The minimum absolute atomic E-state index is 0.0856. The Bertz CT molecular complexity index is 344. The fourth-order valence-corrected chi connectivity index (χ4v) is 1.09. The van der Waals surface area contributed by atoms with E-state index in [2.05, 4.69) is 11.2 Å². The zero-order valence-electron chi connectivity index (χ0n) is 8.01. The molecule has 0 bridgehead atoms. The van der Waals surface area contributed by atoms with Gasteiger partial charge in [-0.2, -0.15) is 0 Å². The molecule has 1 aromatic rings. The average Bonchev–Trinajstić information content (AvgIpc) is 2.17. The summed E-state index contributed by atoms with van der Waals surface area (Å²) in [5.74, 6) is 2.10. The normalized spacial score (nSPS) is 9.50. The fourth-order valence-electron chi connectivity index (χ4n) is 1.09. The van der Waals surface area contributed by atoms with Crippen LogP contribution in [0.1, 0.15) is 5.56 Å². The summed E-state index contributed by atoms with van der Waals surface area (Å²) in [6, 6.07) is 4.81. The van der Waals surface area contributed by atoms with Crippen molar-refractivity contribution in [2.24, 2.45) is 0 Å². The van der Waals surface area contributed by atoms with Gasteiger partial charge in [-0.1, -0.05) is 12.0 Å². The first-order chi connectivity index (χ1) is 6.77. The summed E-state index contributed by atoms with van der Waals surface area (Å²) in [5, 5.41) is 2.93. The van der Waals surface area contributed by atoms with Crippen molar-refractivity contribution in [1.82, 2.24) is 5.32 Å². The molecule has 0 heterocycles. The predicted molar refractivity (Wildman–Crippen MR) is 53.5 cm³/mol. The van der Waals surface area contributed by atoms with E-state index in [1.165, 1.54) is 6.07 Å². The van der Waals surface area contributed by atoms with Crippen LogP contribution in [0.15, 0.2) is 18.2 Å². The lowest BCUT2D eigenvalue weighted by Gasteiger charge is -2.05. The summed E-state index contributed by atoms with van der Waals surface area (Å²) < 4.78 is 18.3. The van der Waals surface area contributed by atoms with Gasteiger partial charge in [0, 0.05) is 6.54 Å². The van der Waals surface area contributed by atoms with Crippen molar-refractivity contribution < 1.29 is 9.13 Å². The molecule has 0 aromatic heterocycles. The van der Waals surface area contributed by atoms with Crippen molar-refractivity contribution in [3.05, 3.63) is 29.6 Å². The molecule has 1 rings (SSSR count). The monoisotopic (exact) mass is 193 g/mol. The molecule has 3 heteroatoms. The quantitative estimate of drug-likeness (QED) is 0.733. The number of halogens is 1. The molecule has 0 amide bonds. The number of benzene rings is 1. The highest BCUT2D eigenvalue weighted by Gasteiger charge is 2.03. The van der Waals surface area contributed by atoms with E-state index in [1.807, 2.05) is 0 Å². The molecule has 14 heavy (non-hydrogen) atoms. The minimum Gasteiger partial charge on any atom is -0.478 e. The largest absolute Gasteiger partial charge is 0.478 e. The topological polar surface area (TPSA) is 21.3 Å². The summed E-state index contributed by atoms with van der Waals surface area (Å²) in [5.41, 5.74) is 0.873. The van der Waals surface area contributed by atoms with Crippen LogP contribution in [0.2, 0.25) is 0 Å². The van der Waals surface area contributed by atoms with E-state index < -0.39 is 0 Å². The highest BCUT2D eigenvalue weighted by Crippen LogP contribution is 2.17. The molecule has 0 fully saturated rings. The van der Waals surface area contributed by atoms with Gasteiger partial charge in [-0.25, -0.2) is 4.39 Å². The van der Waals surface area contributed by atoms with Crippen LogP contribution in [0.25, 0.3) is 0 Å². The minimum atomic E-state index is -0.381. The zero-order valence-corrected chi connectivity index (χ0v) is 8.01. The van der Waals surface area contributed by atoms with Gasteiger partial charge in [-0.3, -0.25) is 0 Å². The van der Waals surface area contributed by atoms with E-state index in [4.69, 9.17) is 11.2 Å². The first kappa shape index (κ1) is 10.6. The number of nitrogens with one attached hydrogen (secondary N) is 1. The Morgan fingerprint density at radius 3 is 2.93 bits per heavy atom. The van der Waals surface area contributed by atoms with E-state index in [0.717, 1.165) is 5.56 Å². The van der Waals surface area contributed by atoms with Gasteiger partial charge < -0.3 is 10.1 Å². The van der Waals surface area contributed by atoms with Crippen molar-refractivity contribution in [2.45, 2.75) is 6.54 Å². The third-order valence-electron chi connectivity index (χ3n) is 1.69. The molecule has 1 aromatic carbocycles. The molecule has 2 nitrogen and oxygen atoms in total. The smallest absolute Gasteiger partial charge is 0.165 e. The van der Waals surface area contributed by atoms with Crippen LogP contribution in [0, 0.1) is 18.2 Å². The zero-order chi connectivity index (χ0) is 10.4. The van der Waals surface area contributed by atoms with Crippen molar-refractivity contribution >= 4 is 0 Å². The molecule has 0 atom stereocenters. The van der Waals surface area contributed by atoms with Gasteiger partial charge in [0.15, 0.2) is 11.6 Å². The second-order valence-corrected chi connectivity index (χ2v) is 2.79. The standard InChI is InChI=1S/C11H12FNO/c1-3-6-14-11-5-4-9(8-13-2)7-10(11)12/h1,4-5,7,13H,6,8H2,2H3. The van der Waals surface area contributed by atoms with E-state index in [-0.39, 0.29) is 18.2 Å². The lowest BCUT2D eigenvalue weighted by molar-refractivity contribution is 0.348. The average molecular weight is 193 g/mol. The Morgan fingerprint density at radius 2 is 2.36 bits per heavy atom. The molecule has 74 valence electrons. The van der Waals surface area contributed by atoms with Gasteiger partial charge in [0.2, 0.25) is 0 Å². The number of terminal acetylenes is 1. The van der Waals surface area contributed by atoms with Gasteiger partial charge in [0.1, 0.15) is 6.61 Å². The van der Waals surface area contributed by atoms with Crippen LogP contribution < -0.4 is 10.1 Å². The maximum absolute atomic E-state index is 13.3. The van der Waals surface area contributed by atoms with Gasteiger partial charge in [0.25, 0.3) is 0 Å². The lowest BCUT2D eigenvalue weighted by Crippen LogP contribution is -2.05. The second-order valence-electron chi connectivity index (χ2n) is 2.79. The number of hydrogen-bond acceptors (Lipinski definition) is 2. The molecule has 0 radical (unpaired) electrons. The maximum atomic E-state index is 13.3. The Balaban J connectivity index is 2.75. The number of hydrogen-bond donors (Lipinski definition) is 1. The highest BCUT2D eigenvalue weighted by molar-refractivity contribution is 5.29. The molecule has 0 saturated carbocycles. The third kappa shape index (κ3) is 2.75. The molecular weight excluding hydrogens is 181 g/mol. The lowest BCUT2D eigenvalue weighted by atomic mass is 10.2. The van der Waals surface area contributed by atoms with Crippen LogP contribution in [0.4, 0.5) is 4.39 Å². The maximum Gasteiger partial charge on any atom is 0.165 e. The Morgan fingerprint density at radius 1 is 1.57 bits per heavy atom. The molecule has 0 aliphatic rings. The second kappa shape index (κ2) is 5.25. The van der Waals surface area contributed by atoms with Crippen molar-refractivity contribution in [3.8, 4) is 18.1 Å². The Hall–Kier alpha value is -1.53. The van der Waals surface area contributed by atoms with Gasteiger partial charge in [-0.05, 0) is 24.7 Å². The first-order valence-electron chi connectivity index (χ1n) is 4.27. The van der Waals surface area contributed by atoms with Gasteiger partial charge >= 0.3 is 0 Å². The van der Waals surface area contributed by atoms with Crippen LogP contribution in [-0.2, 0) is 6.54 Å². The summed E-state index contributed by atoms with van der Waals surface area (Å²) in [6.07, 6.45) is 5.00. The SMILES string of the molecule is C#CCOc1ccc(CNC)cc1F. The first-order valence-corrected chi connectivity index (χ1v) is 4.27. The summed E-state index contributed by atoms with van der Waals surface area (Å²) in [4.78, 5) is 0. The van der Waals surface area contributed by atoms with Gasteiger partial charge in [0.05, 0.1) is 0 Å². The molecule has 1 N–H and O–H groups in total. The summed E-state index contributed by atoms with van der Waals surface area (Å²) in [7, 11) is 1.81. The van der Waals surface area contributed by atoms with E-state index in [1.54, 1.807) is 19.2 Å². The summed E-state index contributed by atoms with van der Waals surface area (Å²) in [6.45, 7) is 0.717. The van der Waals surface area contributed by atoms with E-state index in [9.17, 15) is 4.39 Å². The predicted octanol–water partition coefficient (Wildman–Crippen LogP) is 1.56. The third-order valence-corrected chi connectivity index (χ3v) is 1.69. The van der Waals surface area contributed by atoms with Crippen LogP contribution in [0.3, 0.4) is 0 Å². The summed E-state index contributed by atoms with van der Waals surface area (Å²) >= 11 is 0. The van der Waals surface area contributed by atoms with Crippen molar-refractivity contribution in [2.75, 3.05) is 13.7 Å². The molecule has 0 unspecified atom stereocenters. The van der Waals surface area contributed by atoms with Crippen molar-refractivity contribution in [1.29, 1.82) is 0 Å². The van der Waals surface area contributed by atoms with Gasteiger partial charge in [-0.15, -0.1) is 6.42 Å². The van der Waals surface area contributed by atoms with Crippen LogP contribution in [-0.4, -0.2) is 13.7 Å². The molecule has 0 saturated heterocycles. The van der Waals surface area contributed by atoms with E-state index in [0.29, 0.717) is 6.54 Å². The molecule has 0 aliphatic heterocycles. The van der Waals surface area contributed by atoms with E-state index >= 15 is 0 Å². The van der Waals surface area contributed by atoms with Crippen LogP contribution in [0.5, 0.6) is 5.75 Å². The van der Waals surface area contributed by atoms with Crippen molar-refractivity contribution in [3.63, 3.8) is 0 Å². The molecular formula is C11H12FNO. The Kier molecular flexibility index (Phi) is 3.96. The van der Waals surface area contributed by atoms with Crippen LogP contribution >= 0.6 is 0 Å². The number of ether oxygens (including phenoxy) is 1. The highest BCUT2D eigenvalue weighted by atomic mass is 19.1. The fraction of sp³-hybridized carbons (Fsp3) is 0.273. The Labute approximate surface area is 83.1 Å².